The monoisotopic (exact) mass is 325 g/mol. The molecule has 0 heterocycles. The molecule has 1 aliphatic rings. The molecule has 2 N–H and O–H groups in total. The topological polar surface area (TPSA) is 83.5 Å². The minimum absolute atomic E-state index is 0.0959. The molecular formula is C16H23NO4S. The number of nitrogens with one attached hydrogen (secondary N) is 1. The van der Waals surface area contributed by atoms with Crippen molar-refractivity contribution in [2.45, 2.75) is 43.5 Å². The zero-order valence-electron chi connectivity index (χ0n) is 13.0. The van der Waals surface area contributed by atoms with E-state index in [1.54, 1.807) is 12.1 Å². The highest BCUT2D eigenvalue weighted by atomic mass is 32.2. The molecule has 2 unspecified atom stereocenters. The standard InChI is InChI=1S/C16H23NO4S/c1-11(19)13-6-7-16(22(2,20)21)15(10-13)17-14-5-3-4-12(14)8-9-18/h6-7,10,12,14,17-18H,3-5,8-9H2,1-2H3. The Labute approximate surface area is 131 Å². The number of carbonyl (C=O) groups is 1. The highest BCUT2D eigenvalue weighted by molar-refractivity contribution is 7.90. The maximum atomic E-state index is 12.0. The molecule has 1 aromatic rings. The summed E-state index contributed by atoms with van der Waals surface area (Å²) < 4.78 is 23.9. The Hall–Kier alpha value is -1.40. The number of rotatable bonds is 6. The minimum Gasteiger partial charge on any atom is -0.396 e. The number of ketones is 1. The van der Waals surface area contributed by atoms with Gasteiger partial charge in [-0.3, -0.25) is 4.79 Å². The number of carbonyl (C=O) groups excluding carboxylic acids is 1. The average molecular weight is 325 g/mol. The fourth-order valence-electron chi connectivity index (χ4n) is 3.12. The van der Waals surface area contributed by atoms with Gasteiger partial charge >= 0.3 is 0 Å². The van der Waals surface area contributed by atoms with Gasteiger partial charge in [-0.15, -0.1) is 0 Å². The Morgan fingerprint density at radius 3 is 2.68 bits per heavy atom. The first-order valence-electron chi connectivity index (χ1n) is 7.55. The van der Waals surface area contributed by atoms with E-state index in [4.69, 9.17) is 5.11 Å². The van der Waals surface area contributed by atoms with E-state index >= 15 is 0 Å². The first-order chi connectivity index (χ1) is 10.3. The van der Waals surface area contributed by atoms with Crippen molar-refractivity contribution in [2.75, 3.05) is 18.2 Å². The molecule has 2 rings (SSSR count). The van der Waals surface area contributed by atoms with E-state index in [0.29, 0.717) is 23.6 Å². The maximum Gasteiger partial charge on any atom is 0.177 e. The van der Waals surface area contributed by atoms with Crippen LogP contribution in [-0.2, 0) is 9.84 Å². The van der Waals surface area contributed by atoms with Gasteiger partial charge in [0.1, 0.15) is 0 Å². The van der Waals surface area contributed by atoms with Gasteiger partial charge in [0, 0.05) is 24.5 Å². The molecule has 0 aromatic heterocycles. The second-order valence-corrected chi connectivity index (χ2v) is 7.98. The summed E-state index contributed by atoms with van der Waals surface area (Å²) in [6.45, 7) is 1.60. The molecule has 0 spiro atoms. The summed E-state index contributed by atoms with van der Waals surface area (Å²) in [6.07, 6.45) is 4.90. The van der Waals surface area contributed by atoms with Gasteiger partial charge in [0.05, 0.1) is 10.6 Å². The summed E-state index contributed by atoms with van der Waals surface area (Å²) in [6, 6.07) is 4.79. The van der Waals surface area contributed by atoms with E-state index in [0.717, 1.165) is 19.3 Å². The van der Waals surface area contributed by atoms with Gasteiger partial charge in [-0.1, -0.05) is 6.42 Å². The predicted molar refractivity (Wildman–Crippen MR) is 86.0 cm³/mol. The van der Waals surface area contributed by atoms with Crippen LogP contribution in [0.3, 0.4) is 0 Å². The molecule has 1 saturated carbocycles. The second-order valence-electron chi connectivity index (χ2n) is 5.99. The summed E-state index contributed by atoms with van der Waals surface area (Å²) >= 11 is 0. The zero-order chi connectivity index (χ0) is 16.3. The number of aliphatic hydroxyl groups is 1. The van der Waals surface area contributed by atoms with Crippen LogP contribution in [0.25, 0.3) is 0 Å². The molecule has 0 radical (unpaired) electrons. The van der Waals surface area contributed by atoms with E-state index in [1.807, 2.05) is 0 Å². The van der Waals surface area contributed by atoms with Crippen LogP contribution in [0.4, 0.5) is 5.69 Å². The first kappa shape index (κ1) is 17.0. The molecule has 1 aromatic carbocycles. The highest BCUT2D eigenvalue weighted by Crippen LogP contribution is 2.33. The number of benzene rings is 1. The minimum atomic E-state index is -3.37. The molecule has 0 aliphatic heterocycles. The molecule has 122 valence electrons. The molecule has 5 nitrogen and oxygen atoms in total. The van der Waals surface area contributed by atoms with Gasteiger partial charge in [-0.2, -0.15) is 0 Å². The third kappa shape index (κ3) is 3.87. The lowest BCUT2D eigenvalue weighted by molar-refractivity contribution is 0.101. The molecule has 0 amide bonds. The van der Waals surface area contributed by atoms with Crippen molar-refractivity contribution in [1.82, 2.24) is 0 Å². The Balaban J connectivity index is 2.35. The van der Waals surface area contributed by atoms with E-state index in [1.165, 1.54) is 19.2 Å². The summed E-state index contributed by atoms with van der Waals surface area (Å²) in [5.74, 6) is 0.236. The zero-order valence-corrected chi connectivity index (χ0v) is 13.8. The molecule has 22 heavy (non-hydrogen) atoms. The number of anilines is 1. The van der Waals surface area contributed by atoms with Crippen molar-refractivity contribution in [3.05, 3.63) is 23.8 Å². The fourth-order valence-corrected chi connectivity index (χ4v) is 3.96. The van der Waals surface area contributed by atoms with Crippen LogP contribution in [0.1, 0.15) is 43.0 Å². The van der Waals surface area contributed by atoms with Gasteiger partial charge in [-0.25, -0.2) is 8.42 Å². The van der Waals surface area contributed by atoms with Crippen molar-refractivity contribution >= 4 is 21.3 Å². The summed E-state index contributed by atoms with van der Waals surface area (Å²) in [7, 11) is -3.37. The Morgan fingerprint density at radius 1 is 1.36 bits per heavy atom. The van der Waals surface area contributed by atoms with Crippen LogP contribution >= 0.6 is 0 Å². The Bertz CT molecular complexity index is 654. The fraction of sp³-hybridized carbons (Fsp3) is 0.562. The first-order valence-corrected chi connectivity index (χ1v) is 9.44. The molecule has 0 bridgehead atoms. The van der Waals surface area contributed by atoms with E-state index in [2.05, 4.69) is 5.32 Å². The van der Waals surface area contributed by atoms with Crippen LogP contribution in [-0.4, -0.2) is 38.2 Å². The van der Waals surface area contributed by atoms with Gasteiger partial charge in [0.2, 0.25) is 0 Å². The van der Waals surface area contributed by atoms with Crippen molar-refractivity contribution in [2.24, 2.45) is 5.92 Å². The lowest BCUT2D eigenvalue weighted by Gasteiger charge is -2.23. The van der Waals surface area contributed by atoms with E-state index in [9.17, 15) is 13.2 Å². The number of hydrogen-bond acceptors (Lipinski definition) is 5. The molecule has 2 atom stereocenters. The van der Waals surface area contributed by atoms with Gasteiger partial charge in [-0.05, 0) is 50.3 Å². The Morgan fingerprint density at radius 2 is 2.09 bits per heavy atom. The third-order valence-electron chi connectivity index (χ3n) is 4.29. The number of Topliss-reactive ketones (excluding diaryl/α,β-unsaturated/α-hetero) is 1. The van der Waals surface area contributed by atoms with Crippen molar-refractivity contribution < 1.29 is 18.3 Å². The molecule has 0 saturated heterocycles. The van der Waals surface area contributed by atoms with Crippen molar-refractivity contribution in [3.63, 3.8) is 0 Å². The normalized spacial score (nSPS) is 21.8. The molecular weight excluding hydrogens is 302 g/mol. The van der Waals surface area contributed by atoms with Crippen LogP contribution < -0.4 is 5.32 Å². The average Bonchev–Trinajstić information content (AvgIpc) is 2.85. The van der Waals surface area contributed by atoms with Crippen LogP contribution in [0, 0.1) is 5.92 Å². The number of hydrogen-bond donors (Lipinski definition) is 2. The van der Waals surface area contributed by atoms with Gasteiger partial charge in [0.15, 0.2) is 15.6 Å². The second kappa shape index (κ2) is 6.79. The van der Waals surface area contributed by atoms with Crippen LogP contribution in [0.2, 0.25) is 0 Å². The summed E-state index contributed by atoms with van der Waals surface area (Å²) in [5, 5.41) is 12.4. The summed E-state index contributed by atoms with van der Waals surface area (Å²) in [5.41, 5.74) is 0.983. The van der Waals surface area contributed by atoms with Crippen molar-refractivity contribution in [1.29, 1.82) is 0 Å². The SMILES string of the molecule is CC(=O)c1ccc(S(C)(=O)=O)c(NC2CCCC2CCO)c1. The quantitative estimate of drug-likeness (QED) is 0.784. The largest absolute Gasteiger partial charge is 0.396 e. The Kier molecular flexibility index (Phi) is 5.24. The summed E-state index contributed by atoms with van der Waals surface area (Å²) in [4.78, 5) is 11.8. The third-order valence-corrected chi connectivity index (χ3v) is 5.44. The molecule has 6 heteroatoms. The molecule has 1 fully saturated rings. The number of sulfone groups is 1. The predicted octanol–water partition coefficient (Wildman–Crippen LogP) is 2.26. The number of aliphatic hydroxyl groups excluding tert-OH is 1. The van der Waals surface area contributed by atoms with Gasteiger partial charge < -0.3 is 10.4 Å². The van der Waals surface area contributed by atoms with Crippen LogP contribution in [0.5, 0.6) is 0 Å². The van der Waals surface area contributed by atoms with E-state index < -0.39 is 9.84 Å². The maximum absolute atomic E-state index is 12.0. The highest BCUT2D eigenvalue weighted by Gasteiger charge is 2.28. The molecule has 1 aliphatic carbocycles. The lowest BCUT2D eigenvalue weighted by Crippen LogP contribution is -2.25. The van der Waals surface area contributed by atoms with Crippen molar-refractivity contribution in [3.8, 4) is 0 Å². The van der Waals surface area contributed by atoms with Gasteiger partial charge in [0.25, 0.3) is 0 Å². The smallest absolute Gasteiger partial charge is 0.177 e. The lowest BCUT2D eigenvalue weighted by atomic mass is 9.99. The van der Waals surface area contributed by atoms with E-state index in [-0.39, 0.29) is 23.3 Å². The van der Waals surface area contributed by atoms with Crippen LogP contribution in [0.15, 0.2) is 23.1 Å².